The van der Waals surface area contributed by atoms with Crippen molar-refractivity contribution in [2.24, 2.45) is 0 Å². The third kappa shape index (κ3) is 2.50. The van der Waals surface area contributed by atoms with Gasteiger partial charge in [-0.3, -0.25) is 0 Å². The Morgan fingerprint density at radius 3 is 2.80 bits per heavy atom. The Kier molecular flexibility index (Phi) is 4.04. The fourth-order valence-corrected chi connectivity index (χ4v) is 1.72. The Hall–Kier alpha value is -2.35. The molecule has 0 bridgehead atoms. The largest absolute Gasteiger partial charge is 0.465 e. The quantitative estimate of drug-likeness (QED) is 0.814. The van der Waals surface area contributed by atoms with Crippen LogP contribution in [0.4, 0.5) is 11.6 Å². The highest BCUT2D eigenvalue weighted by atomic mass is 35.5. The molecule has 2 rings (SSSR count). The van der Waals surface area contributed by atoms with E-state index < -0.39 is 5.97 Å². The van der Waals surface area contributed by atoms with Crippen LogP contribution in [-0.4, -0.2) is 39.6 Å². The molecule has 106 valence electrons. The summed E-state index contributed by atoms with van der Waals surface area (Å²) in [5.41, 5.74) is 6.10. The van der Waals surface area contributed by atoms with E-state index in [4.69, 9.17) is 22.1 Å². The van der Waals surface area contributed by atoms with E-state index in [-0.39, 0.29) is 16.5 Å². The SMILES string of the molecule is CCNc1nn(-c2ccc(Cl)nn2)c(N)c1C(=O)OC. The number of nitrogens with one attached hydrogen (secondary N) is 1. The van der Waals surface area contributed by atoms with E-state index in [1.807, 2.05) is 6.92 Å². The van der Waals surface area contributed by atoms with Crippen LogP contribution in [0.15, 0.2) is 12.1 Å². The molecule has 20 heavy (non-hydrogen) atoms. The Bertz CT molecular complexity index is 625. The summed E-state index contributed by atoms with van der Waals surface area (Å²) in [5, 5.41) is 15.0. The lowest BCUT2D eigenvalue weighted by Crippen LogP contribution is -2.09. The number of rotatable bonds is 4. The van der Waals surface area contributed by atoms with Gasteiger partial charge in [0.1, 0.15) is 11.4 Å². The van der Waals surface area contributed by atoms with Gasteiger partial charge in [0.2, 0.25) is 0 Å². The van der Waals surface area contributed by atoms with Crippen LogP contribution in [0.25, 0.3) is 5.82 Å². The molecular weight excluding hydrogens is 284 g/mol. The van der Waals surface area contributed by atoms with Crippen molar-refractivity contribution < 1.29 is 9.53 Å². The number of nitrogen functional groups attached to an aromatic ring is 1. The van der Waals surface area contributed by atoms with Crippen LogP contribution in [-0.2, 0) is 4.74 Å². The van der Waals surface area contributed by atoms with Crippen molar-refractivity contribution >= 4 is 29.2 Å². The molecule has 0 fully saturated rings. The zero-order chi connectivity index (χ0) is 14.7. The fourth-order valence-electron chi connectivity index (χ4n) is 1.62. The number of ether oxygens (including phenoxy) is 1. The molecule has 0 radical (unpaired) electrons. The van der Waals surface area contributed by atoms with Crippen LogP contribution in [0, 0.1) is 0 Å². The summed E-state index contributed by atoms with van der Waals surface area (Å²) in [4.78, 5) is 11.8. The maximum absolute atomic E-state index is 11.8. The highest BCUT2D eigenvalue weighted by Crippen LogP contribution is 2.25. The van der Waals surface area contributed by atoms with Crippen molar-refractivity contribution in [3.05, 3.63) is 22.8 Å². The number of anilines is 2. The summed E-state index contributed by atoms with van der Waals surface area (Å²) in [6.07, 6.45) is 0. The maximum Gasteiger partial charge on any atom is 0.345 e. The van der Waals surface area contributed by atoms with Gasteiger partial charge in [-0.2, -0.15) is 4.68 Å². The third-order valence-electron chi connectivity index (χ3n) is 2.49. The number of methoxy groups -OCH3 is 1. The number of hydrogen-bond donors (Lipinski definition) is 2. The first-order chi connectivity index (χ1) is 9.58. The standard InChI is InChI=1S/C11H13ClN6O2/c1-3-14-10-8(11(19)20-2)9(13)18(17-10)7-5-4-6(12)15-16-7/h4-5H,3,13H2,1-2H3,(H,14,17). The van der Waals surface area contributed by atoms with Gasteiger partial charge in [0.15, 0.2) is 16.8 Å². The van der Waals surface area contributed by atoms with E-state index in [2.05, 4.69) is 20.6 Å². The van der Waals surface area contributed by atoms with Gasteiger partial charge in [-0.1, -0.05) is 11.6 Å². The van der Waals surface area contributed by atoms with Crippen LogP contribution >= 0.6 is 11.6 Å². The number of nitrogens with two attached hydrogens (primary N) is 1. The first kappa shape index (κ1) is 14.1. The monoisotopic (exact) mass is 296 g/mol. The Morgan fingerprint density at radius 2 is 2.25 bits per heavy atom. The van der Waals surface area contributed by atoms with Crippen molar-refractivity contribution in [2.45, 2.75) is 6.92 Å². The summed E-state index contributed by atoms with van der Waals surface area (Å²) in [7, 11) is 1.27. The minimum atomic E-state index is -0.577. The third-order valence-corrected chi connectivity index (χ3v) is 2.69. The smallest absolute Gasteiger partial charge is 0.345 e. The first-order valence-electron chi connectivity index (χ1n) is 5.78. The molecule has 0 aromatic carbocycles. The lowest BCUT2D eigenvalue weighted by atomic mass is 10.3. The Labute approximate surface area is 119 Å². The second kappa shape index (κ2) is 5.74. The average molecular weight is 297 g/mol. The van der Waals surface area contributed by atoms with Crippen LogP contribution in [0.3, 0.4) is 0 Å². The summed E-state index contributed by atoms with van der Waals surface area (Å²) in [5.74, 6) is 0.214. The second-order valence-corrected chi connectivity index (χ2v) is 4.14. The number of carbonyl (C=O) groups excluding carboxylic acids is 1. The van der Waals surface area contributed by atoms with Gasteiger partial charge in [-0.25, -0.2) is 4.79 Å². The Balaban J connectivity index is 2.54. The zero-order valence-electron chi connectivity index (χ0n) is 10.9. The number of nitrogens with zero attached hydrogens (tertiary/aromatic N) is 4. The maximum atomic E-state index is 11.8. The molecule has 8 nitrogen and oxygen atoms in total. The number of esters is 1. The van der Waals surface area contributed by atoms with Gasteiger partial charge in [-0.05, 0) is 19.1 Å². The molecule has 0 aliphatic heterocycles. The van der Waals surface area contributed by atoms with Crippen molar-refractivity contribution in [1.82, 2.24) is 20.0 Å². The zero-order valence-corrected chi connectivity index (χ0v) is 11.7. The van der Waals surface area contributed by atoms with Gasteiger partial charge in [0, 0.05) is 6.54 Å². The van der Waals surface area contributed by atoms with E-state index in [1.165, 1.54) is 11.8 Å². The highest BCUT2D eigenvalue weighted by molar-refractivity contribution is 6.29. The van der Waals surface area contributed by atoms with Crippen molar-refractivity contribution in [3.8, 4) is 5.82 Å². The van der Waals surface area contributed by atoms with Gasteiger partial charge in [-0.15, -0.1) is 15.3 Å². The van der Waals surface area contributed by atoms with Crippen LogP contribution in [0.2, 0.25) is 5.15 Å². The molecular formula is C11H13ClN6O2. The topological polar surface area (TPSA) is 108 Å². The van der Waals surface area contributed by atoms with E-state index in [0.717, 1.165) is 0 Å². The lowest BCUT2D eigenvalue weighted by Gasteiger charge is -2.02. The van der Waals surface area contributed by atoms with Crippen LogP contribution in [0.1, 0.15) is 17.3 Å². The van der Waals surface area contributed by atoms with Crippen molar-refractivity contribution in [1.29, 1.82) is 0 Å². The fraction of sp³-hybridized carbons (Fsp3) is 0.273. The number of halogens is 1. The van der Waals surface area contributed by atoms with E-state index in [1.54, 1.807) is 12.1 Å². The molecule has 0 saturated carbocycles. The number of aromatic nitrogens is 4. The van der Waals surface area contributed by atoms with E-state index >= 15 is 0 Å². The molecule has 0 spiro atoms. The highest BCUT2D eigenvalue weighted by Gasteiger charge is 2.23. The molecule has 2 heterocycles. The van der Waals surface area contributed by atoms with Crippen molar-refractivity contribution in [3.63, 3.8) is 0 Å². The average Bonchev–Trinajstić information content (AvgIpc) is 2.76. The molecule has 0 amide bonds. The molecule has 0 atom stereocenters. The molecule has 2 aromatic rings. The predicted octanol–water partition coefficient (Wildman–Crippen LogP) is 1.12. The minimum Gasteiger partial charge on any atom is -0.465 e. The first-order valence-corrected chi connectivity index (χ1v) is 6.16. The molecule has 0 saturated heterocycles. The molecule has 0 aliphatic carbocycles. The molecule has 0 unspecified atom stereocenters. The predicted molar refractivity (Wildman–Crippen MR) is 74.1 cm³/mol. The molecule has 2 aromatic heterocycles. The Morgan fingerprint density at radius 1 is 1.50 bits per heavy atom. The summed E-state index contributed by atoms with van der Waals surface area (Å²) in [6.45, 7) is 2.45. The normalized spacial score (nSPS) is 10.3. The van der Waals surface area contributed by atoms with Gasteiger partial charge < -0.3 is 15.8 Å². The molecule has 9 heteroatoms. The van der Waals surface area contributed by atoms with Crippen LogP contribution in [0.5, 0.6) is 0 Å². The molecule has 0 aliphatic rings. The summed E-state index contributed by atoms with van der Waals surface area (Å²) in [6, 6.07) is 3.14. The molecule has 3 N–H and O–H groups in total. The number of carbonyl (C=O) groups is 1. The van der Waals surface area contributed by atoms with Crippen LogP contribution < -0.4 is 11.1 Å². The van der Waals surface area contributed by atoms with E-state index in [9.17, 15) is 4.79 Å². The lowest BCUT2D eigenvalue weighted by molar-refractivity contribution is 0.0603. The van der Waals surface area contributed by atoms with E-state index in [0.29, 0.717) is 18.2 Å². The van der Waals surface area contributed by atoms with Gasteiger partial charge in [0.25, 0.3) is 0 Å². The summed E-state index contributed by atoms with van der Waals surface area (Å²) >= 11 is 5.68. The van der Waals surface area contributed by atoms with Crippen molar-refractivity contribution in [2.75, 3.05) is 24.7 Å². The van der Waals surface area contributed by atoms with Gasteiger partial charge in [0.05, 0.1) is 7.11 Å². The second-order valence-electron chi connectivity index (χ2n) is 3.76. The van der Waals surface area contributed by atoms with Gasteiger partial charge >= 0.3 is 5.97 Å². The summed E-state index contributed by atoms with van der Waals surface area (Å²) < 4.78 is 6.00. The number of hydrogen-bond acceptors (Lipinski definition) is 7. The minimum absolute atomic E-state index is 0.115.